The molecule has 0 radical (unpaired) electrons. The molecule has 0 aliphatic rings. The molecule has 3 rings (SSSR count). The molecule has 3 aromatic rings. The van der Waals surface area contributed by atoms with Crippen LogP contribution in [-0.4, -0.2) is 36.7 Å². The van der Waals surface area contributed by atoms with Gasteiger partial charge in [-0.1, -0.05) is 41.4 Å². The van der Waals surface area contributed by atoms with E-state index in [4.69, 9.17) is 16.3 Å². The van der Waals surface area contributed by atoms with Gasteiger partial charge < -0.3 is 4.74 Å². The Morgan fingerprint density at radius 2 is 1.83 bits per heavy atom. The lowest BCUT2D eigenvalue weighted by molar-refractivity contribution is -0.385. The largest absolute Gasteiger partial charge is 0.475 e. The summed E-state index contributed by atoms with van der Waals surface area (Å²) in [6.45, 7) is 1.88. The third-order valence-corrected chi connectivity index (χ3v) is 5.99. The predicted molar refractivity (Wildman–Crippen MR) is 111 cm³/mol. The molecule has 1 aromatic heterocycles. The second-order valence-electron chi connectivity index (χ2n) is 6.24. The first-order valence-corrected chi connectivity index (χ1v) is 10.6. The van der Waals surface area contributed by atoms with Crippen molar-refractivity contribution < 1.29 is 18.1 Å². The fourth-order valence-corrected chi connectivity index (χ4v) is 4.03. The molecule has 0 saturated carbocycles. The topological polar surface area (TPSA) is 124 Å². The van der Waals surface area contributed by atoms with Crippen molar-refractivity contribution >= 4 is 27.3 Å². The van der Waals surface area contributed by atoms with Gasteiger partial charge >= 0.3 is 0 Å². The number of nitro benzene ring substituents is 1. The fraction of sp³-hybridized carbons (Fsp3) is 0.158. The lowest BCUT2D eigenvalue weighted by Gasteiger charge is -2.09. The average Bonchev–Trinajstić information content (AvgIpc) is 2.72. The molecule has 0 atom stereocenters. The molecule has 0 amide bonds. The van der Waals surface area contributed by atoms with Crippen molar-refractivity contribution in [2.45, 2.75) is 11.8 Å². The minimum Gasteiger partial charge on any atom is -0.475 e. The van der Waals surface area contributed by atoms with E-state index in [0.29, 0.717) is 5.69 Å². The number of nitro groups is 1. The molecule has 156 valence electrons. The first-order valence-electron chi connectivity index (χ1n) is 8.73. The Bertz CT molecular complexity index is 1150. The Morgan fingerprint density at radius 1 is 1.10 bits per heavy atom. The summed E-state index contributed by atoms with van der Waals surface area (Å²) in [7, 11) is -4.05. The third-order valence-electron chi connectivity index (χ3n) is 4.05. The monoisotopic (exact) mass is 448 g/mol. The van der Waals surface area contributed by atoms with Crippen LogP contribution in [0.25, 0.3) is 11.3 Å². The standard InChI is InChI=1S/C19H17ClN4O5S/c1-13-2-4-14(5-3-13)17-8-9-19(23-22-17)29-11-10-21-30(27,28)18-12-15(24(25)26)6-7-16(18)20/h2-9,12,21H,10-11H2,1H3. The Hall–Kier alpha value is -3.08. The summed E-state index contributed by atoms with van der Waals surface area (Å²) in [6, 6.07) is 14.4. The zero-order valence-electron chi connectivity index (χ0n) is 15.8. The van der Waals surface area contributed by atoms with Crippen LogP contribution in [0.2, 0.25) is 5.02 Å². The minimum absolute atomic E-state index is 0.0235. The molecule has 11 heteroatoms. The summed E-state index contributed by atoms with van der Waals surface area (Å²) in [4.78, 5) is 9.78. The van der Waals surface area contributed by atoms with Crippen LogP contribution < -0.4 is 9.46 Å². The molecule has 0 aliphatic carbocycles. The number of nitrogens with one attached hydrogen (secondary N) is 1. The molecule has 1 N–H and O–H groups in total. The van der Waals surface area contributed by atoms with E-state index in [2.05, 4.69) is 14.9 Å². The normalized spacial score (nSPS) is 11.3. The second-order valence-corrected chi connectivity index (χ2v) is 8.38. The van der Waals surface area contributed by atoms with Crippen molar-refractivity contribution in [3.63, 3.8) is 0 Å². The highest BCUT2D eigenvalue weighted by atomic mass is 35.5. The summed E-state index contributed by atoms with van der Waals surface area (Å²) >= 11 is 5.88. The molecule has 0 fully saturated rings. The van der Waals surface area contributed by atoms with Crippen LogP contribution in [0, 0.1) is 17.0 Å². The quantitative estimate of drug-likeness (QED) is 0.318. The van der Waals surface area contributed by atoms with Crippen molar-refractivity contribution in [3.8, 4) is 17.1 Å². The van der Waals surface area contributed by atoms with Crippen LogP contribution in [0.5, 0.6) is 5.88 Å². The van der Waals surface area contributed by atoms with Gasteiger partial charge in [-0.3, -0.25) is 10.1 Å². The molecule has 2 aromatic carbocycles. The summed E-state index contributed by atoms with van der Waals surface area (Å²) in [5, 5.41) is 18.8. The van der Waals surface area contributed by atoms with Gasteiger partial charge in [0.2, 0.25) is 15.9 Å². The number of hydrogen-bond acceptors (Lipinski definition) is 7. The molecule has 0 saturated heterocycles. The molecule has 0 spiro atoms. The van der Waals surface area contributed by atoms with Gasteiger partial charge in [-0.25, -0.2) is 13.1 Å². The van der Waals surface area contributed by atoms with Crippen molar-refractivity contribution in [1.29, 1.82) is 0 Å². The zero-order valence-corrected chi connectivity index (χ0v) is 17.4. The van der Waals surface area contributed by atoms with E-state index in [1.807, 2.05) is 31.2 Å². The number of sulfonamides is 1. The van der Waals surface area contributed by atoms with E-state index < -0.39 is 14.9 Å². The van der Waals surface area contributed by atoms with Gasteiger partial charge in [0.05, 0.1) is 15.6 Å². The summed E-state index contributed by atoms with van der Waals surface area (Å²) in [6.07, 6.45) is 0. The number of ether oxygens (including phenoxy) is 1. The van der Waals surface area contributed by atoms with Gasteiger partial charge in [-0.15, -0.1) is 10.2 Å². The number of rotatable bonds is 8. The molecular weight excluding hydrogens is 432 g/mol. The van der Waals surface area contributed by atoms with Gasteiger partial charge in [0, 0.05) is 30.3 Å². The van der Waals surface area contributed by atoms with E-state index in [9.17, 15) is 18.5 Å². The molecule has 0 aliphatic heterocycles. The Labute approximate surface area is 177 Å². The zero-order chi connectivity index (χ0) is 21.7. The first kappa shape index (κ1) is 21.6. The maximum absolute atomic E-state index is 12.4. The number of aryl methyl sites for hydroxylation is 1. The minimum atomic E-state index is -4.05. The van der Waals surface area contributed by atoms with Crippen molar-refractivity contribution in [1.82, 2.24) is 14.9 Å². The van der Waals surface area contributed by atoms with Crippen molar-refractivity contribution in [2.75, 3.05) is 13.2 Å². The molecular formula is C19H17ClN4O5S. The van der Waals surface area contributed by atoms with Gasteiger partial charge in [0.25, 0.3) is 5.69 Å². The molecule has 0 bridgehead atoms. The SMILES string of the molecule is Cc1ccc(-c2ccc(OCCNS(=O)(=O)c3cc([N+](=O)[O-])ccc3Cl)nn2)cc1. The first-order chi connectivity index (χ1) is 14.3. The van der Waals surface area contributed by atoms with Crippen LogP contribution in [0.4, 0.5) is 5.69 Å². The Kier molecular flexibility index (Phi) is 6.60. The van der Waals surface area contributed by atoms with Gasteiger partial charge in [-0.05, 0) is 19.1 Å². The number of nitrogens with zero attached hydrogens (tertiary/aromatic N) is 3. The van der Waals surface area contributed by atoms with Gasteiger partial charge in [0.15, 0.2) is 0 Å². The van der Waals surface area contributed by atoms with E-state index in [0.717, 1.165) is 29.3 Å². The maximum atomic E-state index is 12.4. The molecule has 9 nitrogen and oxygen atoms in total. The summed E-state index contributed by atoms with van der Waals surface area (Å²) in [5.74, 6) is 0.235. The second kappa shape index (κ2) is 9.16. The van der Waals surface area contributed by atoms with Crippen LogP contribution in [-0.2, 0) is 10.0 Å². The van der Waals surface area contributed by atoms with E-state index in [1.165, 1.54) is 0 Å². The Balaban J connectivity index is 1.57. The number of non-ortho nitro benzene ring substituents is 1. The highest BCUT2D eigenvalue weighted by molar-refractivity contribution is 7.89. The van der Waals surface area contributed by atoms with E-state index in [-0.39, 0.29) is 34.6 Å². The highest BCUT2D eigenvalue weighted by Gasteiger charge is 2.21. The van der Waals surface area contributed by atoms with E-state index >= 15 is 0 Å². The van der Waals surface area contributed by atoms with Crippen LogP contribution in [0.3, 0.4) is 0 Å². The summed E-state index contributed by atoms with van der Waals surface area (Å²) in [5.41, 5.74) is 2.37. The molecule has 30 heavy (non-hydrogen) atoms. The average molecular weight is 449 g/mol. The lowest BCUT2D eigenvalue weighted by Crippen LogP contribution is -2.28. The summed E-state index contributed by atoms with van der Waals surface area (Å²) < 4.78 is 32.4. The van der Waals surface area contributed by atoms with Crippen LogP contribution in [0.15, 0.2) is 59.5 Å². The van der Waals surface area contributed by atoms with Crippen molar-refractivity contribution in [2.24, 2.45) is 0 Å². The smallest absolute Gasteiger partial charge is 0.270 e. The van der Waals surface area contributed by atoms with Crippen LogP contribution >= 0.6 is 11.6 Å². The molecule has 0 unspecified atom stereocenters. The molecule has 1 heterocycles. The number of benzene rings is 2. The van der Waals surface area contributed by atoms with Gasteiger partial charge in [0.1, 0.15) is 11.5 Å². The number of aromatic nitrogens is 2. The van der Waals surface area contributed by atoms with Crippen molar-refractivity contribution in [3.05, 3.63) is 75.3 Å². The number of halogens is 1. The highest BCUT2D eigenvalue weighted by Crippen LogP contribution is 2.26. The Morgan fingerprint density at radius 3 is 2.47 bits per heavy atom. The fourth-order valence-electron chi connectivity index (χ4n) is 2.50. The van der Waals surface area contributed by atoms with E-state index in [1.54, 1.807) is 12.1 Å². The predicted octanol–water partition coefficient (Wildman–Crippen LogP) is 3.37. The lowest BCUT2D eigenvalue weighted by atomic mass is 10.1. The number of hydrogen-bond donors (Lipinski definition) is 1. The third kappa shape index (κ3) is 5.29. The van der Waals surface area contributed by atoms with Crippen LogP contribution in [0.1, 0.15) is 5.56 Å². The maximum Gasteiger partial charge on any atom is 0.270 e. The van der Waals surface area contributed by atoms with Gasteiger partial charge in [-0.2, -0.15) is 0 Å².